The van der Waals surface area contributed by atoms with E-state index in [4.69, 9.17) is 0 Å². The fourth-order valence-corrected chi connectivity index (χ4v) is 2.71. The zero-order valence-corrected chi connectivity index (χ0v) is 12.7. The average Bonchev–Trinajstić information content (AvgIpc) is 2.77. The molecule has 24 heavy (non-hydrogen) atoms. The first-order valence-electron chi connectivity index (χ1n) is 7.53. The lowest BCUT2D eigenvalue weighted by molar-refractivity contribution is -0.0498. The predicted octanol–water partition coefficient (Wildman–Crippen LogP) is 1.31. The van der Waals surface area contributed by atoms with E-state index in [-0.39, 0.29) is 23.4 Å². The molecule has 1 aromatic carbocycles. The monoisotopic (exact) mass is 338 g/mol. The topological polar surface area (TPSA) is 89.0 Å². The smallest absolute Gasteiger partial charge is 0.387 e. The standard InChI is InChI=1S/C15H16F2N4O3/c16-14(17)24-11-4-1-9(2-5-11)13(22)18-10-3-6-12-19-20-15(23)21(12)8-7-10/h1-2,4-5,10,14H,3,6-8H2,(H,18,22)(H,20,23). The van der Waals surface area contributed by atoms with E-state index in [9.17, 15) is 18.4 Å². The Bertz CT molecular complexity index is 770. The van der Waals surface area contributed by atoms with Crippen molar-refractivity contribution in [2.45, 2.75) is 38.5 Å². The number of rotatable bonds is 4. The van der Waals surface area contributed by atoms with Crippen molar-refractivity contribution in [2.75, 3.05) is 0 Å². The summed E-state index contributed by atoms with van der Waals surface area (Å²) in [5.41, 5.74) is 0.114. The lowest BCUT2D eigenvalue weighted by Crippen LogP contribution is -2.35. The Labute approximate surface area is 135 Å². The number of hydrogen-bond donors (Lipinski definition) is 2. The Kier molecular flexibility index (Phi) is 4.59. The summed E-state index contributed by atoms with van der Waals surface area (Å²) in [7, 11) is 0. The van der Waals surface area contributed by atoms with Crippen molar-refractivity contribution in [3.05, 3.63) is 46.1 Å². The number of fused-ring (bicyclic) bond motifs is 1. The van der Waals surface area contributed by atoms with Crippen LogP contribution < -0.4 is 15.7 Å². The molecule has 2 aromatic rings. The predicted molar refractivity (Wildman–Crippen MR) is 80.1 cm³/mol. The third kappa shape index (κ3) is 3.61. The molecule has 1 amide bonds. The van der Waals surface area contributed by atoms with Crippen LogP contribution in [0.2, 0.25) is 0 Å². The number of nitrogens with zero attached hydrogens (tertiary/aromatic N) is 2. The molecule has 0 bridgehead atoms. The van der Waals surface area contributed by atoms with Gasteiger partial charge in [0.15, 0.2) is 0 Å². The number of benzene rings is 1. The van der Waals surface area contributed by atoms with Crippen LogP contribution in [0.5, 0.6) is 5.75 Å². The summed E-state index contributed by atoms with van der Waals surface area (Å²) < 4.78 is 30.0. The SMILES string of the molecule is O=C(NC1CCc2n[nH]c(=O)n2CC1)c1ccc(OC(F)F)cc1. The van der Waals surface area contributed by atoms with E-state index in [0.29, 0.717) is 37.2 Å². The van der Waals surface area contributed by atoms with E-state index < -0.39 is 6.61 Å². The molecule has 1 aliphatic rings. The third-order valence-corrected chi connectivity index (χ3v) is 3.93. The highest BCUT2D eigenvalue weighted by Gasteiger charge is 2.20. The van der Waals surface area contributed by atoms with Gasteiger partial charge >= 0.3 is 12.3 Å². The number of amides is 1. The number of aryl methyl sites for hydroxylation is 1. The van der Waals surface area contributed by atoms with E-state index in [1.54, 1.807) is 4.57 Å². The summed E-state index contributed by atoms with van der Waals surface area (Å²) in [4.78, 5) is 23.8. The first-order valence-corrected chi connectivity index (χ1v) is 7.53. The van der Waals surface area contributed by atoms with E-state index in [2.05, 4.69) is 20.3 Å². The fraction of sp³-hybridized carbons (Fsp3) is 0.400. The summed E-state index contributed by atoms with van der Waals surface area (Å²) in [6.45, 7) is -2.42. The number of carbonyl (C=O) groups excluding carboxylic acids is 1. The minimum atomic E-state index is -2.90. The molecular formula is C15H16F2N4O3. The van der Waals surface area contributed by atoms with Crippen molar-refractivity contribution in [1.82, 2.24) is 20.1 Å². The molecule has 0 fully saturated rings. The maximum absolute atomic E-state index is 12.2. The summed E-state index contributed by atoms with van der Waals surface area (Å²) in [6, 6.07) is 5.42. The zero-order chi connectivity index (χ0) is 17.1. The maximum Gasteiger partial charge on any atom is 0.387 e. The van der Waals surface area contributed by atoms with Crippen molar-refractivity contribution in [3.8, 4) is 5.75 Å². The van der Waals surface area contributed by atoms with Crippen LogP contribution in [-0.4, -0.2) is 33.3 Å². The van der Waals surface area contributed by atoms with Crippen LogP contribution in [0.3, 0.4) is 0 Å². The van der Waals surface area contributed by atoms with Crippen molar-refractivity contribution in [1.29, 1.82) is 0 Å². The Morgan fingerprint density at radius 1 is 1.33 bits per heavy atom. The molecule has 9 heteroatoms. The minimum absolute atomic E-state index is 0.000616. The summed E-state index contributed by atoms with van der Waals surface area (Å²) in [5.74, 6) is 0.392. The van der Waals surface area contributed by atoms with E-state index in [0.717, 1.165) is 0 Å². The molecule has 2 N–H and O–H groups in total. The molecule has 7 nitrogen and oxygen atoms in total. The zero-order valence-electron chi connectivity index (χ0n) is 12.7. The van der Waals surface area contributed by atoms with Crippen LogP contribution in [0.15, 0.2) is 29.1 Å². The van der Waals surface area contributed by atoms with Gasteiger partial charge in [0.25, 0.3) is 5.91 Å². The van der Waals surface area contributed by atoms with Gasteiger partial charge in [0.05, 0.1) is 0 Å². The minimum Gasteiger partial charge on any atom is -0.435 e. The van der Waals surface area contributed by atoms with Crippen molar-refractivity contribution < 1.29 is 18.3 Å². The lowest BCUT2D eigenvalue weighted by Gasteiger charge is -2.16. The number of alkyl halides is 2. The number of aromatic amines is 1. The lowest BCUT2D eigenvalue weighted by atomic mass is 10.1. The Morgan fingerprint density at radius 3 is 2.79 bits per heavy atom. The number of nitrogens with one attached hydrogen (secondary N) is 2. The van der Waals surface area contributed by atoms with Gasteiger partial charge in [-0.1, -0.05) is 0 Å². The Morgan fingerprint density at radius 2 is 2.08 bits per heavy atom. The van der Waals surface area contributed by atoms with Gasteiger partial charge in [-0.05, 0) is 37.1 Å². The van der Waals surface area contributed by atoms with Gasteiger partial charge in [0.2, 0.25) is 0 Å². The highest BCUT2D eigenvalue weighted by molar-refractivity contribution is 5.94. The van der Waals surface area contributed by atoms with Crippen molar-refractivity contribution in [2.24, 2.45) is 0 Å². The van der Waals surface area contributed by atoms with E-state index in [1.165, 1.54) is 24.3 Å². The van der Waals surface area contributed by atoms with Crippen LogP contribution in [-0.2, 0) is 13.0 Å². The fourth-order valence-electron chi connectivity index (χ4n) is 2.71. The second-order valence-corrected chi connectivity index (χ2v) is 5.50. The number of aromatic nitrogens is 3. The van der Waals surface area contributed by atoms with Gasteiger partial charge < -0.3 is 10.1 Å². The Balaban J connectivity index is 1.60. The third-order valence-electron chi connectivity index (χ3n) is 3.93. The van der Waals surface area contributed by atoms with E-state index in [1.807, 2.05) is 0 Å². The molecule has 1 aliphatic heterocycles. The number of ether oxygens (including phenoxy) is 1. The Hall–Kier alpha value is -2.71. The second kappa shape index (κ2) is 6.81. The molecule has 1 atom stereocenters. The van der Waals surface area contributed by atoms with Crippen LogP contribution in [0.4, 0.5) is 8.78 Å². The molecule has 128 valence electrons. The van der Waals surface area contributed by atoms with Gasteiger partial charge in [-0.15, -0.1) is 0 Å². The van der Waals surface area contributed by atoms with Crippen LogP contribution >= 0.6 is 0 Å². The highest BCUT2D eigenvalue weighted by atomic mass is 19.3. The van der Waals surface area contributed by atoms with Gasteiger partial charge in [0.1, 0.15) is 11.6 Å². The number of H-pyrrole nitrogens is 1. The van der Waals surface area contributed by atoms with Crippen LogP contribution in [0, 0.1) is 0 Å². The molecule has 1 aromatic heterocycles. The van der Waals surface area contributed by atoms with Crippen molar-refractivity contribution in [3.63, 3.8) is 0 Å². The molecule has 0 radical (unpaired) electrons. The van der Waals surface area contributed by atoms with Gasteiger partial charge in [-0.2, -0.15) is 13.9 Å². The van der Waals surface area contributed by atoms with E-state index >= 15 is 0 Å². The molecule has 2 heterocycles. The molecule has 0 saturated heterocycles. The molecule has 0 aliphatic carbocycles. The molecule has 3 rings (SSSR count). The molecular weight excluding hydrogens is 322 g/mol. The summed E-state index contributed by atoms with van der Waals surface area (Å²) in [5, 5.41) is 9.27. The quantitative estimate of drug-likeness (QED) is 0.880. The van der Waals surface area contributed by atoms with Crippen LogP contribution in [0.1, 0.15) is 29.0 Å². The number of carbonyl (C=O) groups is 1. The second-order valence-electron chi connectivity index (χ2n) is 5.50. The first kappa shape index (κ1) is 16.2. The van der Waals surface area contributed by atoms with Gasteiger partial charge in [-0.25, -0.2) is 9.89 Å². The first-order chi connectivity index (χ1) is 11.5. The summed E-state index contributed by atoms with van der Waals surface area (Å²) in [6.07, 6.45) is 1.87. The highest BCUT2D eigenvalue weighted by Crippen LogP contribution is 2.16. The van der Waals surface area contributed by atoms with Crippen molar-refractivity contribution >= 4 is 5.91 Å². The largest absolute Gasteiger partial charge is 0.435 e. The van der Waals surface area contributed by atoms with Crippen LogP contribution in [0.25, 0.3) is 0 Å². The average molecular weight is 338 g/mol. The van der Waals surface area contributed by atoms with Gasteiger partial charge in [-0.3, -0.25) is 9.36 Å². The van der Waals surface area contributed by atoms with Gasteiger partial charge in [0, 0.05) is 24.6 Å². The molecule has 0 saturated carbocycles. The summed E-state index contributed by atoms with van der Waals surface area (Å²) >= 11 is 0. The number of halogens is 2. The number of hydrogen-bond acceptors (Lipinski definition) is 4. The normalized spacial score (nSPS) is 17.2. The molecule has 0 spiro atoms. The molecule has 1 unspecified atom stereocenters. The maximum atomic E-state index is 12.2.